The van der Waals surface area contributed by atoms with Crippen LogP contribution in [0.2, 0.25) is 5.15 Å². The van der Waals surface area contributed by atoms with Crippen LogP contribution < -0.4 is 10.5 Å². The molecule has 0 spiro atoms. The zero-order valence-electron chi connectivity index (χ0n) is 11.5. The predicted molar refractivity (Wildman–Crippen MR) is 80.8 cm³/mol. The van der Waals surface area contributed by atoms with Gasteiger partial charge in [0.05, 0.1) is 0 Å². The van der Waals surface area contributed by atoms with E-state index < -0.39 is 0 Å². The molecule has 1 aromatic heterocycles. The first-order valence-corrected chi connectivity index (χ1v) is 7.06. The molecule has 0 aliphatic carbocycles. The molecule has 106 valence electrons. The Bertz CT molecular complexity index is 537. The number of hydrogen-bond donors (Lipinski definition) is 1. The van der Waals surface area contributed by atoms with Crippen molar-refractivity contribution in [2.75, 3.05) is 5.73 Å². The average molecular weight is 292 g/mol. The van der Waals surface area contributed by atoms with E-state index in [1.54, 1.807) is 6.07 Å². The van der Waals surface area contributed by atoms with E-state index in [4.69, 9.17) is 22.1 Å². The fourth-order valence-electron chi connectivity index (χ4n) is 1.83. The number of aryl methyl sites for hydroxylation is 1. The highest BCUT2D eigenvalue weighted by Crippen LogP contribution is 2.16. The van der Waals surface area contributed by atoms with Crippen LogP contribution in [-0.2, 0) is 13.0 Å². The zero-order valence-corrected chi connectivity index (χ0v) is 12.2. The fraction of sp³-hybridized carbons (Fsp3) is 0.333. The second-order valence-corrected chi connectivity index (χ2v) is 4.98. The summed E-state index contributed by atoms with van der Waals surface area (Å²) in [4.78, 5) is 7.75. The highest BCUT2D eigenvalue weighted by atomic mass is 35.5. The van der Waals surface area contributed by atoms with Gasteiger partial charge in [-0.25, -0.2) is 4.98 Å². The number of nitrogens with two attached hydrogens (primary N) is 1. The second-order valence-electron chi connectivity index (χ2n) is 4.60. The van der Waals surface area contributed by atoms with Crippen LogP contribution in [0.1, 0.15) is 30.9 Å². The molecular weight excluding hydrogens is 274 g/mol. The highest BCUT2D eigenvalue weighted by molar-refractivity contribution is 6.29. The highest BCUT2D eigenvalue weighted by Gasteiger charge is 2.02. The summed E-state index contributed by atoms with van der Waals surface area (Å²) in [5.41, 5.74) is 7.94. The number of unbranched alkanes of at least 4 members (excludes halogenated alkanes) is 1. The molecule has 20 heavy (non-hydrogen) atoms. The quantitative estimate of drug-likeness (QED) is 0.826. The summed E-state index contributed by atoms with van der Waals surface area (Å²) in [6, 6.07) is 9.95. The van der Waals surface area contributed by atoms with Gasteiger partial charge in [0, 0.05) is 6.07 Å². The minimum Gasteiger partial charge on any atom is -0.473 e. The molecule has 0 radical (unpaired) electrons. The summed E-state index contributed by atoms with van der Waals surface area (Å²) in [5.74, 6) is 0.500. The molecule has 4 nitrogen and oxygen atoms in total. The Hall–Kier alpha value is -1.81. The van der Waals surface area contributed by atoms with Crippen molar-refractivity contribution in [2.24, 2.45) is 0 Å². The van der Waals surface area contributed by atoms with Gasteiger partial charge in [0.25, 0.3) is 0 Å². The van der Waals surface area contributed by atoms with Crippen LogP contribution in [0, 0.1) is 0 Å². The Morgan fingerprint density at radius 3 is 2.50 bits per heavy atom. The standard InChI is InChI=1S/C15H18ClN3O/c1-2-3-4-11-5-7-12(8-6-11)10-20-14-9-13(16)18-15(17)19-14/h5-9H,2-4,10H2,1H3,(H2,17,18,19). The van der Waals surface area contributed by atoms with Crippen LogP contribution in [0.5, 0.6) is 5.88 Å². The minimum absolute atomic E-state index is 0.113. The Morgan fingerprint density at radius 2 is 1.85 bits per heavy atom. The molecule has 5 heteroatoms. The van der Waals surface area contributed by atoms with Gasteiger partial charge in [-0.05, 0) is 24.0 Å². The van der Waals surface area contributed by atoms with Gasteiger partial charge in [-0.2, -0.15) is 4.98 Å². The van der Waals surface area contributed by atoms with Gasteiger partial charge in [-0.15, -0.1) is 0 Å². The Kier molecular flexibility index (Phi) is 5.18. The number of nitrogen functional groups attached to an aromatic ring is 1. The third-order valence-electron chi connectivity index (χ3n) is 2.92. The molecule has 0 saturated heterocycles. The minimum atomic E-state index is 0.113. The normalized spacial score (nSPS) is 10.5. The number of rotatable bonds is 6. The van der Waals surface area contributed by atoms with E-state index in [2.05, 4.69) is 41.2 Å². The summed E-state index contributed by atoms with van der Waals surface area (Å²) >= 11 is 5.79. The molecule has 2 aromatic rings. The number of aromatic nitrogens is 2. The monoisotopic (exact) mass is 291 g/mol. The maximum absolute atomic E-state index is 5.79. The van der Waals surface area contributed by atoms with Crippen molar-refractivity contribution >= 4 is 17.5 Å². The number of benzene rings is 1. The molecule has 0 aliphatic rings. The number of ether oxygens (including phenoxy) is 1. The molecule has 0 amide bonds. The first-order valence-electron chi connectivity index (χ1n) is 6.68. The average Bonchev–Trinajstić information content (AvgIpc) is 2.43. The summed E-state index contributed by atoms with van der Waals surface area (Å²) in [6.07, 6.45) is 3.55. The summed E-state index contributed by atoms with van der Waals surface area (Å²) in [5, 5.41) is 0.280. The smallest absolute Gasteiger partial charge is 0.224 e. The Labute approximate surface area is 124 Å². The van der Waals surface area contributed by atoms with Crippen LogP contribution in [0.25, 0.3) is 0 Å². The van der Waals surface area contributed by atoms with E-state index >= 15 is 0 Å². The molecule has 0 atom stereocenters. The van der Waals surface area contributed by atoms with Gasteiger partial charge in [-0.1, -0.05) is 49.2 Å². The van der Waals surface area contributed by atoms with Gasteiger partial charge in [0.15, 0.2) is 0 Å². The van der Waals surface area contributed by atoms with Crippen LogP contribution in [0.4, 0.5) is 5.95 Å². The van der Waals surface area contributed by atoms with E-state index in [1.807, 2.05) is 0 Å². The molecule has 0 unspecified atom stereocenters. The molecule has 0 fully saturated rings. The maximum atomic E-state index is 5.79. The van der Waals surface area contributed by atoms with Crippen LogP contribution in [-0.4, -0.2) is 9.97 Å². The lowest BCUT2D eigenvalue weighted by Crippen LogP contribution is -2.01. The van der Waals surface area contributed by atoms with E-state index in [-0.39, 0.29) is 11.1 Å². The van der Waals surface area contributed by atoms with Crippen molar-refractivity contribution in [3.63, 3.8) is 0 Å². The van der Waals surface area contributed by atoms with Crippen LogP contribution >= 0.6 is 11.6 Å². The van der Waals surface area contributed by atoms with Crippen molar-refractivity contribution in [1.29, 1.82) is 0 Å². The molecule has 0 saturated carbocycles. The van der Waals surface area contributed by atoms with Gasteiger partial charge in [-0.3, -0.25) is 0 Å². The van der Waals surface area contributed by atoms with Crippen molar-refractivity contribution < 1.29 is 4.74 Å². The third kappa shape index (κ3) is 4.38. The Morgan fingerprint density at radius 1 is 1.15 bits per heavy atom. The van der Waals surface area contributed by atoms with Gasteiger partial charge < -0.3 is 10.5 Å². The Balaban J connectivity index is 1.93. The number of nitrogens with zero attached hydrogens (tertiary/aromatic N) is 2. The number of anilines is 1. The largest absolute Gasteiger partial charge is 0.473 e. The molecule has 0 aliphatic heterocycles. The predicted octanol–water partition coefficient (Wildman–Crippen LogP) is 3.63. The molecule has 0 bridgehead atoms. The first-order chi connectivity index (χ1) is 9.67. The number of halogens is 1. The molecule has 1 aromatic carbocycles. The fourth-order valence-corrected chi connectivity index (χ4v) is 2.01. The van der Waals surface area contributed by atoms with Crippen molar-refractivity contribution in [3.8, 4) is 5.88 Å². The van der Waals surface area contributed by atoms with E-state index in [0.29, 0.717) is 12.5 Å². The van der Waals surface area contributed by atoms with Gasteiger partial charge in [0.2, 0.25) is 11.8 Å². The third-order valence-corrected chi connectivity index (χ3v) is 3.11. The lowest BCUT2D eigenvalue weighted by atomic mass is 10.1. The molecule has 2 rings (SSSR count). The number of hydrogen-bond acceptors (Lipinski definition) is 4. The van der Waals surface area contributed by atoms with Crippen molar-refractivity contribution in [3.05, 3.63) is 46.6 Å². The lowest BCUT2D eigenvalue weighted by molar-refractivity contribution is 0.294. The summed E-state index contributed by atoms with van der Waals surface area (Å²) < 4.78 is 5.56. The maximum Gasteiger partial charge on any atom is 0.224 e. The van der Waals surface area contributed by atoms with Crippen molar-refractivity contribution in [1.82, 2.24) is 9.97 Å². The lowest BCUT2D eigenvalue weighted by Gasteiger charge is -2.07. The topological polar surface area (TPSA) is 61.0 Å². The molecular formula is C15H18ClN3O. The summed E-state index contributed by atoms with van der Waals surface area (Å²) in [6.45, 7) is 2.63. The van der Waals surface area contributed by atoms with Crippen molar-refractivity contribution in [2.45, 2.75) is 32.8 Å². The first kappa shape index (κ1) is 14.6. The van der Waals surface area contributed by atoms with Crippen LogP contribution in [0.15, 0.2) is 30.3 Å². The second kappa shape index (κ2) is 7.10. The SMILES string of the molecule is CCCCc1ccc(COc2cc(Cl)nc(N)n2)cc1. The van der Waals surface area contributed by atoms with E-state index in [1.165, 1.54) is 18.4 Å². The summed E-state index contributed by atoms with van der Waals surface area (Å²) in [7, 11) is 0. The molecule has 2 N–H and O–H groups in total. The van der Waals surface area contributed by atoms with E-state index in [0.717, 1.165) is 12.0 Å². The molecule has 1 heterocycles. The van der Waals surface area contributed by atoms with Crippen LogP contribution in [0.3, 0.4) is 0 Å². The van der Waals surface area contributed by atoms with Gasteiger partial charge in [0.1, 0.15) is 11.8 Å². The zero-order chi connectivity index (χ0) is 14.4. The van der Waals surface area contributed by atoms with E-state index in [9.17, 15) is 0 Å². The van der Waals surface area contributed by atoms with Gasteiger partial charge >= 0.3 is 0 Å².